The molecule has 4 heteroatoms. The van der Waals surface area contributed by atoms with Gasteiger partial charge in [0, 0.05) is 13.2 Å². The average molecular weight is 164 g/mol. The van der Waals surface area contributed by atoms with Crippen LogP contribution in [0.5, 0.6) is 0 Å². The second-order valence-corrected chi connectivity index (χ2v) is 2.09. The number of ketones is 1. The van der Waals surface area contributed by atoms with Gasteiger partial charge in [-0.25, -0.2) is 0 Å². The van der Waals surface area contributed by atoms with Gasteiger partial charge in [0.15, 0.2) is 5.78 Å². The molecule has 0 bridgehead atoms. The zero-order valence-corrected chi connectivity index (χ0v) is 6.95. The molecule has 4 nitrogen and oxygen atoms in total. The van der Waals surface area contributed by atoms with Crippen molar-refractivity contribution in [2.75, 3.05) is 13.2 Å². The molecule has 1 unspecified atom stereocenters. The van der Waals surface area contributed by atoms with Gasteiger partial charge < -0.3 is 15.3 Å². The summed E-state index contributed by atoms with van der Waals surface area (Å²) in [5.41, 5.74) is 0. The maximum Gasteiger partial charge on any atom is 0.157 e. The summed E-state index contributed by atoms with van der Waals surface area (Å²) in [4.78, 5) is 9.89. The second-order valence-electron chi connectivity index (χ2n) is 2.09. The van der Waals surface area contributed by atoms with E-state index in [2.05, 4.69) is 0 Å². The fourth-order valence-corrected chi connectivity index (χ4v) is 0.0707. The van der Waals surface area contributed by atoms with E-state index < -0.39 is 6.10 Å². The van der Waals surface area contributed by atoms with Crippen molar-refractivity contribution in [2.24, 2.45) is 0 Å². The Kier molecular flexibility index (Phi) is 11.4. The van der Waals surface area contributed by atoms with Gasteiger partial charge in [0.05, 0.1) is 0 Å². The SMILES string of the molecule is CC(=O)C(C)O.OCCCO. The summed E-state index contributed by atoms with van der Waals surface area (Å²) in [5.74, 6) is -0.185. The Labute approximate surface area is 66.5 Å². The van der Waals surface area contributed by atoms with Crippen molar-refractivity contribution in [3.8, 4) is 0 Å². The average Bonchev–Trinajstić information content (AvgIpc) is 1.90. The minimum absolute atomic E-state index is 0.0938. The quantitative estimate of drug-likeness (QED) is 0.516. The molecule has 0 radical (unpaired) electrons. The van der Waals surface area contributed by atoms with Gasteiger partial charge in [0.25, 0.3) is 0 Å². The van der Waals surface area contributed by atoms with E-state index in [1.807, 2.05) is 0 Å². The fraction of sp³-hybridized carbons (Fsp3) is 0.857. The van der Waals surface area contributed by atoms with Crippen LogP contribution in [0.3, 0.4) is 0 Å². The number of rotatable bonds is 3. The summed E-state index contributed by atoms with van der Waals surface area (Å²) >= 11 is 0. The van der Waals surface area contributed by atoms with Gasteiger partial charge in [0.1, 0.15) is 6.10 Å². The van der Waals surface area contributed by atoms with Crippen LogP contribution in [-0.2, 0) is 4.79 Å². The number of carbonyl (C=O) groups excluding carboxylic acids is 1. The van der Waals surface area contributed by atoms with E-state index in [1.165, 1.54) is 13.8 Å². The first kappa shape index (κ1) is 13.2. The lowest BCUT2D eigenvalue weighted by atomic mass is 10.3. The van der Waals surface area contributed by atoms with Crippen molar-refractivity contribution in [3.63, 3.8) is 0 Å². The highest BCUT2D eigenvalue weighted by atomic mass is 16.3. The molecule has 68 valence electrons. The molecule has 0 saturated heterocycles. The lowest BCUT2D eigenvalue weighted by molar-refractivity contribution is -0.124. The summed E-state index contributed by atoms with van der Waals surface area (Å²) in [6, 6.07) is 0. The van der Waals surface area contributed by atoms with Crippen molar-refractivity contribution in [3.05, 3.63) is 0 Å². The molecule has 0 aliphatic rings. The summed E-state index contributed by atoms with van der Waals surface area (Å²) in [7, 11) is 0. The van der Waals surface area contributed by atoms with E-state index in [1.54, 1.807) is 0 Å². The second kappa shape index (κ2) is 9.55. The number of hydrogen-bond donors (Lipinski definition) is 3. The maximum absolute atomic E-state index is 9.89. The van der Waals surface area contributed by atoms with Crippen molar-refractivity contribution in [2.45, 2.75) is 26.4 Å². The Hall–Kier alpha value is -0.450. The fourth-order valence-electron chi connectivity index (χ4n) is 0.0707. The predicted octanol–water partition coefficient (Wildman–Crippen LogP) is -0.683. The third-order valence-electron chi connectivity index (χ3n) is 0.905. The highest BCUT2D eigenvalue weighted by Gasteiger charge is 1.97. The Bertz CT molecular complexity index is 88.4. The maximum atomic E-state index is 9.89. The van der Waals surface area contributed by atoms with Crippen molar-refractivity contribution in [1.29, 1.82) is 0 Å². The molecule has 3 N–H and O–H groups in total. The van der Waals surface area contributed by atoms with E-state index in [4.69, 9.17) is 15.3 Å². The smallest absolute Gasteiger partial charge is 0.157 e. The van der Waals surface area contributed by atoms with Gasteiger partial charge in [-0.3, -0.25) is 4.79 Å². The largest absolute Gasteiger partial charge is 0.396 e. The van der Waals surface area contributed by atoms with Crippen LogP contribution >= 0.6 is 0 Å². The Morgan fingerprint density at radius 3 is 1.64 bits per heavy atom. The first-order chi connectivity index (χ1) is 5.06. The van der Waals surface area contributed by atoms with Crippen molar-refractivity contribution < 1.29 is 20.1 Å². The van der Waals surface area contributed by atoms with E-state index in [-0.39, 0.29) is 19.0 Å². The Morgan fingerprint density at radius 1 is 1.36 bits per heavy atom. The van der Waals surface area contributed by atoms with Gasteiger partial charge in [0.2, 0.25) is 0 Å². The minimum Gasteiger partial charge on any atom is -0.396 e. The van der Waals surface area contributed by atoms with Crippen LogP contribution in [-0.4, -0.2) is 40.4 Å². The molecule has 0 rings (SSSR count). The molecule has 0 aromatic rings. The number of hydrogen-bond acceptors (Lipinski definition) is 4. The van der Waals surface area contributed by atoms with Crippen LogP contribution in [0.25, 0.3) is 0 Å². The molecule has 0 aromatic carbocycles. The molecule has 1 atom stereocenters. The predicted molar refractivity (Wildman–Crippen MR) is 41.2 cm³/mol. The van der Waals surface area contributed by atoms with Crippen molar-refractivity contribution >= 4 is 5.78 Å². The number of Topliss-reactive ketones (excluding diaryl/α,β-unsaturated/α-hetero) is 1. The number of aliphatic hydroxyl groups excluding tert-OH is 3. The topological polar surface area (TPSA) is 77.8 Å². The summed E-state index contributed by atoms with van der Waals surface area (Å²) in [5, 5.41) is 24.1. The van der Waals surface area contributed by atoms with E-state index in [0.29, 0.717) is 6.42 Å². The molecule has 0 spiro atoms. The molecular weight excluding hydrogens is 148 g/mol. The van der Waals surface area contributed by atoms with Crippen LogP contribution in [0.15, 0.2) is 0 Å². The molecule has 0 saturated carbocycles. The first-order valence-electron chi connectivity index (χ1n) is 3.46. The molecular formula is C7H16O4. The molecule has 0 aliphatic heterocycles. The normalized spacial score (nSPS) is 11.4. The summed E-state index contributed by atoms with van der Waals surface area (Å²) in [6.45, 7) is 2.99. The van der Waals surface area contributed by atoms with Gasteiger partial charge in [-0.05, 0) is 20.3 Å². The molecule has 11 heavy (non-hydrogen) atoms. The van der Waals surface area contributed by atoms with Gasteiger partial charge in [-0.2, -0.15) is 0 Å². The van der Waals surface area contributed by atoms with Crippen LogP contribution < -0.4 is 0 Å². The first-order valence-corrected chi connectivity index (χ1v) is 3.46. The third-order valence-corrected chi connectivity index (χ3v) is 0.905. The molecule has 0 aromatic heterocycles. The zero-order valence-electron chi connectivity index (χ0n) is 6.95. The lowest BCUT2D eigenvalue weighted by Crippen LogP contribution is -2.10. The lowest BCUT2D eigenvalue weighted by Gasteiger charge is -1.90. The summed E-state index contributed by atoms with van der Waals surface area (Å²) < 4.78 is 0. The molecule has 0 aliphatic carbocycles. The van der Waals surface area contributed by atoms with Crippen LogP contribution in [0.4, 0.5) is 0 Å². The number of aliphatic hydroxyl groups is 3. The Morgan fingerprint density at radius 2 is 1.64 bits per heavy atom. The monoisotopic (exact) mass is 164 g/mol. The highest BCUT2D eigenvalue weighted by Crippen LogP contribution is 1.76. The molecule has 0 heterocycles. The highest BCUT2D eigenvalue weighted by molar-refractivity contribution is 5.79. The molecule has 0 fully saturated rings. The minimum atomic E-state index is -0.787. The van der Waals surface area contributed by atoms with E-state index in [9.17, 15) is 4.79 Å². The van der Waals surface area contributed by atoms with Gasteiger partial charge >= 0.3 is 0 Å². The van der Waals surface area contributed by atoms with Crippen LogP contribution in [0.1, 0.15) is 20.3 Å². The van der Waals surface area contributed by atoms with Crippen LogP contribution in [0, 0.1) is 0 Å². The van der Waals surface area contributed by atoms with Gasteiger partial charge in [-0.1, -0.05) is 0 Å². The molecule has 0 amide bonds. The zero-order chi connectivity index (χ0) is 9.28. The third kappa shape index (κ3) is 17.7. The van der Waals surface area contributed by atoms with Gasteiger partial charge in [-0.15, -0.1) is 0 Å². The Balaban J connectivity index is 0. The van der Waals surface area contributed by atoms with E-state index >= 15 is 0 Å². The van der Waals surface area contributed by atoms with Crippen LogP contribution in [0.2, 0.25) is 0 Å². The van der Waals surface area contributed by atoms with E-state index in [0.717, 1.165) is 0 Å². The standard InChI is InChI=1S/C4H8O2.C3H8O2/c1-3(5)4(2)6;4-2-1-3-5/h3,5H,1-2H3;4-5H,1-3H2. The summed E-state index contributed by atoms with van der Waals surface area (Å²) in [6.07, 6.45) is -0.287. The van der Waals surface area contributed by atoms with Crippen molar-refractivity contribution in [1.82, 2.24) is 0 Å². The number of carbonyl (C=O) groups is 1.